The van der Waals surface area contributed by atoms with Crippen molar-refractivity contribution in [2.24, 2.45) is 5.10 Å². The summed E-state index contributed by atoms with van der Waals surface area (Å²) < 4.78 is 5.52. The third-order valence-electron chi connectivity index (χ3n) is 5.97. The highest BCUT2D eigenvalue weighted by Crippen LogP contribution is 2.28. The molecule has 0 aliphatic rings. The molecule has 1 heterocycles. The molecule has 0 unspecified atom stereocenters. The number of methoxy groups -OCH3 is 1. The number of thiazole rings is 1. The molecule has 0 aliphatic heterocycles. The second kappa shape index (κ2) is 12.2. The van der Waals surface area contributed by atoms with E-state index in [0.29, 0.717) is 11.3 Å². The molecule has 190 valence electrons. The second-order valence-electron chi connectivity index (χ2n) is 8.40. The van der Waals surface area contributed by atoms with E-state index in [9.17, 15) is 4.79 Å². The number of carbonyl (C=O) groups is 1. The van der Waals surface area contributed by atoms with Crippen molar-refractivity contribution in [3.05, 3.63) is 88.8 Å². The number of rotatable bonds is 10. The molecule has 1 amide bonds. The summed E-state index contributed by atoms with van der Waals surface area (Å²) in [5.74, 6) is 0.410. The van der Waals surface area contributed by atoms with Gasteiger partial charge in [0.05, 0.1) is 19.0 Å². The van der Waals surface area contributed by atoms with Gasteiger partial charge in [-0.25, -0.2) is 10.4 Å². The Kier molecular flexibility index (Phi) is 8.53. The SMILES string of the molecule is CCN(CC)c1ccc(/C=N\NC(=O)c2ccc(-c3csc(Nc4ccc(C)cc4)n3)cc2)c(OC)c1. The van der Waals surface area contributed by atoms with Crippen LogP contribution in [0.25, 0.3) is 11.3 Å². The molecule has 4 aromatic rings. The molecule has 1 aromatic heterocycles. The van der Waals surface area contributed by atoms with Crippen molar-refractivity contribution in [3.8, 4) is 17.0 Å². The number of hydrogen-bond donors (Lipinski definition) is 2. The van der Waals surface area contributed by atoms with Gasteiger partial charge in [-0.3, -0.25) is 4.79 Å². The van der Waals surface area contributed by atoms with Gasteiger partial charge >= 0.3 is 0 Å². The van der Waals surface area contributed by atoms with Crippen LogP contribution in [0.4, 0.5) is 16.5 Å². The Hall–Kier alpha value is -4.17. The highest BCUT2D eigenvalue weighted by atomic mass is 32.1. The molecular formula is C29H31N5O2S. The maximum Gasteiger partial charge on any atom is 0.271 e. The zero-order valence-corrected chi connectivity index (χ0v) is 22.3. The minimum atomic E-state index is -0.290. The summed E-state index contributed by atoms with van der Waals surface area (Å²) in [5.41, 5.74) is 8.97. The zero-order valence-electron chi connectivity index (χ0n) is 21.5. The maximum atomic E-state index is 12.6. The Balaban J connectivity index is 1.37. The predicted octanol–water partition coefficient (Wildman–Crippen LogP) is 6.48. The van der Waals surface area contributed by atoms with Crippen LogP contribution in [0.1, 0.15) is 35.3 Å². The molecule has 0 saturated heterocycles. The zero-order chi connectivity index (χ0) is 26.2. The molecule has 0 radical (unpaired) electrons. The van der Waals surface area contributed by atoms with E-state index >= 15 is 0 Å². The fraction of sp³-hybridized carbons (Fsp3) is 0.207. The smallest absolute Gasteiger partial charge is 0.271 e. The molecular weight excluding hydrogens is 482 g/mol. The minimum Gasteiger partial charge on any atom is -0.496 e. The number of amides is 1. The average Bonchev–Trinajstić information content (AvgIpc) is 3.39. The topological polar surface area (TPSA) is 78.9 Å². The fourth-order valence-corrected chi connectivity index (χ4v) is 4.57. The van der Waals surface area contributed by atoms with Gasteiger partial charge in [-0.15, -0.1) is 11.3 Å². The van der Waals surface area contributed by atoms with E-state index in [2.05, 4.69) is 58.6 Å². The Morgan fingerprint density at radius 2 is 1.78 bits per heavy atom. The van der Waals surface area contributed by atoms with Gasteiger partial charge in [0.2, 0.25) is 0 Å². The van der Waals surface area contributed by atoms with Crippen molar-refractivity contribution in [1.82, 2.24) is 10.4 Å². The standard InChI is InChI=1S/C29H31N5O2S/c1-5-34(6-2)25-16-13-23(27(17-25)36-4)18-30-33-28(35)22-11-9-21(10-12-22)26-19-37-29(32-26)31-24-14-7-20(3)8-15-24/h7-19H,5-6H2,1-4H3,(H,31,32)(H,33,35)/b30-18-. The number of ether oxygens (including phenoxy) is 1. The number of nitrogens with one attached hydrogen (secondary N) is 2. The predicted molar refractivity (Wildman–Crippen MR) is 154 cm³/mol. The first-order chi connectivity index (χ1) is 18.0. The summed E-state index contributed by atoms with van der Waals surface area (Å²) in [4.78, 5) is 19.5. The molecule has 0 fully saturated rings. The van der Waals surface area contributed by atoms with Gasteiger partial charge < -0.3 is 15.0 Å². The van der Waals surface area contributed by atoms with Crippen molar-refractivity contribution in [1.29, 1.82) is 0 Å². The number of benzene rings is 3. The van der Waals surface area contributed by atoms with E-state index in [4.69, 9.17) is 4.74 Å². The lowest BCUT2D eigenvalue weighted by atomic mass is 10.1. The van der Waals surface area contributed by atoms with Crippen LogP contribution < -0.4 is 20.4 Å². The number of carbonyl (C=O) groups excluding carboxylic acids is 1. The Morgan fingerprint density at radius 3 is 2.46 bits per heavy atom. The van der Waals surface area contributed by atoms with Crippen molar-refractivity contribution in [2.45, 2.75) is 20.8 Å². The number of hydrazone groups is 1. The molecule has 0 bridgehead atoms. The van der Waals surface area contributed by atoms with Crippen LogP contribution in [-0.4, -0.2) is 37.3 Å². The molecule has 0 spiro atoms. The first-order valence-electron chi connectivity index (χ1n) is 12.2. The van der Waals surface area contributed by atoms with Crippen molar-refractivity contribution in [3.63, 3.8) is 0 Å². The molecule has 4 rings (SSSR count). The van der Waals surface area contributed by atoms with Crippen LogP contribution in [0, 0.1) is 6.92 Å². The summed E-state index contributed by atoms with van der Waals surface area (Å²) in [5, 5.41) is 10.3. The van der Waals surface area contributed by atoms with Gasteiger partial charge in [-0.05, 0) is 57.2 Å². The quantitative estimate of drug-likeness (QED) is 0.187. The van der Waals surface area contributed by atoms with Crippen molar-refractivity contribution in [2.75, 3.05) is 30.4 Å². The molecule has 0 atom stereocenters. The summed E-state index contributed by atoms with van der Waals surface area (Å²) in [6, 6.07) is 21.4. The molecule has 7 nitrogen and oxygen atoms in total. The second-order valence-corrected chi connectivity index (χ2v) is 9.26. The third kappa shape index (κ3) is 6.54. The van der Waals surface area contributed by atoms with Crippen LogP contribution in [0.2, 0.25) is 0 Å². The fourth-order valence-electron chi connectivity index (χ4n) is 3.83. The average molecular weight is 514 g/mol. The van der Waals surface area contributed by atoms with Gasteiger partial charge in [0.15, 0.2) is 5.13 Å². The van der Waals surface area contributed by atoms with Gasteiger partial charge in [0, 0.05) is 52.6 Å². The lowest BCUT2D eigenvalue weighted by Gasteiger charge is -2.21. The molecule has 8 heteroatoms. The molecule has 0 aliphatic carbocycles. The number of nitrogens with zero attached hydrogens (tertiary/aromatic N) is 3. The summed E-state index contributed by atoms with van der Waals surface area (Å²) in [6.07, 6.45) is 1.59. The number of aryl methyl sites for hydroxylation is 1. The lowest BCUT2D eigenvalue weighted by molar-refractivity contribution is 0.0955. The summed E-state index contributed by atoms with van der Waals surface area (Å²) in [7, 11) is 1.63. The molecule has 2 N–H and O–H groups in total. The van der Waals surface area contributed by atoms with E-state index in [0.717, 1.165) is 46.4 Å². The van der Waals surface area contributed by atoms with Crippen LogP contribution in [0.3, 0.4) is 0 Å². The Labute approximate surface area is 221 Å². The van der Waals surface area contributed by atoms with E-state index in [-0.39, 0.29) is 5.91 Å². The maximum absolute atomic E-state index is 12.6. The Morgan fingerprint density at radius 1 is 1.05 bits per heavy atom. The van der Waals surface area contributed by atoms with E-state index < -0.39 is 0 Å². The number of hydrogen-bond acceptors (Lipinski definition) is 7. The first-order valence-corrected chi connectivity index (χ1v) is 13.0. The number of anilines is 3. The minimum absolute atomic E-state index is 0.290. The largest absolute Gasteiger partial charge is 0.496 e. The number of aromatic nitrogens is 1. The van der Waals surface area contributed by atoms with E-state index in [1.165, 1.54) is 16.9 Å². The van der Waals surface area contributed by atoms with Crippen LogP contribution in [0.15, 0.2) is 77.2 Å². The van der Waals surface area contributed by atoms with Crippen molar-refractivity contribution >= 4 is 40.0 Å². The third-order valence-corrected chi connectivity index (χ3v) is 6.72. The highest BCUT2D eigenvalue weighted by Gasteiger charge is 2.10. The summed E-state index contributed by atoms with van der Waals surface area (Å²) >= 11 is 1.54. The molecule has 3 aromatic carbocycles. The van der Waals surface area contributed by atoms with Crippen LogP contribution in [-0.2, 0) is 0 Å². The summed E-state index contributed by atoms with van der Waals surface area (Å²) in [6.45, 7) is 8.12. The van der Waals surface area contributed by atoms with Crippen molar-refractivity contribution < 1.29 is 9.53 Å². The monoisotopic (exact) mass is 513 g/mol. The van der Waals surface area contributed by atoms with Gasteiger partial charge in [-0.1, -0.05) is 29.8 Å². The first kappa shape index (κ1) is 25.9. The van der Waals surface area contributed by atoms with Crippen LogP contribution >= 0.6 is 11.3 Å². The lowest BCUT2D eigenvalue weighted by Crippen LogP contribution is -2.21. The van der Waals surface area contributed by atoms with Gasteiger partial charge in [-0.2, -0.15) is 5.10 Å². The normalized spacial score (nSPS) is 10.9. The van der Waals surface area contributed by atoms with Gasteiger partial charge in [0.1, 0.15) is 5.75 Å². The molecule has 37 heavy (non-hydrogen) atoms. The Bertz CT molecular complexity index is 1360. The molecule has 0 saturated carbocycles. The van der Waals surface area contributed by atoms with Crippen LogP contribution in [0.5, 0.6) is 5.75 Å². The highest BCUT2D eigenvalue weighted by molar-refractivity contribution is 7.14. The van der Waals surface area contributed by atoms with Gasteiger partial charge in [0.25, 0.3) is 5.91 Å². The van der Waals surface area contributed by atoms with E-state index in [1.807, 2.05) is 47.8 Å². The van der Waals surface area contributed by atoms with E-state index in [1.54, 1.807) is 25.5 Å².